The maximum atomic E-state index is 12.0. The van der Waals surface area contributed by atoms with Crippen LogP contribution in [0.15, 0.2) is 29.4 Å². The van der Waals surface area contributed by atoms with Crippen molar-refractivity contribution in [2.24, 2.45) is 11.0 Å². The van der Waals surface area contributed by atoms with Gasteiger partial charge in [-0.15, -0.1) is 0 Å². The number of halogens is 2. The molecule has 0 unspecified atom stereocenters. The van der Waals surface area contributed by atoms with E-state index >= 15 is 0 Å². The van der Waals surface area contributed by atoms with Crippen molar-refractivity contribution < 1.29 is 26.7 Å². The van der Waals surface area contributed by atoms with Gasteiger partial charge in [-0.2, -0.15) is 13.9 Å². The Morgan fingerprint density at radius 2 is 2.05 bits per heavy atom. The normalized spacial score (nSPS) is 20.4. The van der Waals surface area contributed by atoms with Gasteiger partial charge in [0.2, 0.25) is 5.91 Å². The van der Waals surface area contributed by atoms with Gasteiger partial charge >= 0.3 is 6.61 Å². The SMILES string of the molecule is O=C(N/N=C\c1ccc(OC(F)F)cc1)[C@H]1CCS(=O)(=O)C1. The van der Waals surface area contributed by atoms with E-state index in [0.29, 0.717) is 12.0 Å². The lowest BCUT2D eigenvalue weighted by Crippen LogP contribution is -2.27. The van der Waals surface area contributed by atoms with Crippen molar-refractivity contribution in [1.29, 1.82) is 0 Å². The zero-order valence-corrected chi connectivity index (χ0v) is 12.2. The average Bonchev–Trinajstić information content (AvgIpc) is 2.80. The van der Waals surface area contributed by atoms with E-state index in [1.165, 1.54) is 30.5 Å². The molecule has 1 fully saturated rings. The Hall–Kier alpha value is -2.03. The van der Waals surface area contributed by atoms with E-state index in [1.54, 1.807) is 0 Å². The molecule has 0 saturated carbocycles. The number of hydrazone groups is 1. The van der Waals surface area contributed by atoms with Gasteiger partial charge in [0.05, 0.1) is 23.6 Å². The van der Waals surface area contributed by atoms with Crippen molar-refractivity contribution in [2.75, 3.05) is 11.5 Å². The molecule has 1 atom stereocenters. The Bertz CT molecular complexity index is 659. The van der Waals surface area contributed by atoms with Crippen molar-refractivity contribution in [3.63, 3.8) is 0 Å². The van der Waals surface area contributed by atoms with Crippen LogP contribution in [-0.4, -0.2) is 38.7 Å². The van der Waals surface area contributed by atoms with Crippen molar-refractivity contribution >= 4 is 22.0 Å². The molecule has 9 heteroatoms. The van der Waals surface area contributed by atoms with E-state index < -0.39 is 28.3 Å². The third-order valence-electron chi connectivity index (χ3n) is 3.10. The van der Waals surface area contributed by atoms with Crippen molar-refractivity contribution in [2.45, 2.75) is 13.0 Å². The molecule has 0 spiro atoms. The first-order valence-electron chi connectivity index (χ1n) is 6.44. The number of ether oxygens (including phenoxy) is 1. The largest absolute Gasteiger partial charge is 0.435 e. The number of alkyl halides is 2. The lowest BCUT2D eigenvalue weighted by molar-refractivity contribution is -0.124. The van der Waals surface area contributed by atoms with Gasteiger partial charge in [-0.1, -0.05) is 0 Å². The number of rotatable bonds is 5. The van der Waals surface area contributed by atoms with Gasteiger partial charge in [0.1, 0.15) is 5.75 Å². The van der Waals surface area contributed by atoms with Crippen molar-refractivity contribution in [3.05, 3.63) is 29.8 Å². The molecule has 1 aromatic carbocycles. The molecule has 1 amide bonds. The second-order valence-electron chi connectivity index (χ2n) is 4.78. The number of carbonyl (C=O) groups is 1. The van der Waals surface area contributed by atoms with Crippen LogP contribution in [0.5, 0.6) is 5.75 Å². The van der Waals surface area contributed by atoms with E-state index in [1.807, 2.05) is 0 Å². The van der Waals surface area contributed by atoms with Crippen molar-refractivity contribution in [1.82, 2.24) is 5.43 Å². The molecule has 0 aliphatic carbocycles. The van der Waals surface area contributed by atoms with Crippen LogP contribution in [0.4, 0.5) is 8.78 Å². The number of hydrogen-bond donors (Lipinski definition) is 1. The summed E-state index contributed by atoms with van der Waals surface area (Å²) in [5, 5.41) is 3.72. The molecular formula is C13H14F2N2O4S. The minimum absolute atomic E-state index is 0.0143. The van der Waals surface area contributed by atoms with Gasteiger partial charge in [0.15, 0.2) is 9.84 Å². The molecule has 1 saturated heterocycles. The molecule has 1 heterocycles. The minimum atomic E-state index is -3.12. The monoisotopic (exact) mass is 332 g/mol. The summed E-state index contributed by atoms with van der Waals surface area (Å²) in [5.74, 6) is -1.15. The van der Waals surface area contributed by atoms with Gasteiger partial charge in [-0.25, -0.2) is 13.8 Å². The summed E-state index contributed by atoms with van der Waals surface area (Å²) in [6.07, 6.45) is 1.62. The zero-order valence-electron chi connectivity index (χ0n) is 11.4. The molecule has 1 aromatic rings. The second kappa shape index (κ2) is 6.82. The van der Waals surface area contributed by atoms with Crippen LogP contribution >= 0.6 is 0 Å². The number of amides is 1. The third-order valence-corrected chi connectivity index (χ3v) is 4.86. The molecule has 1 N–H and O–H groups in total. The van der Waals surface area contributed by atoms with Crippen LogP contribution < -0.4 is 10.2 Å². The lowest BCUT2D eigenvalue weighted by atomic mass is 10.1. The summed E-state index contributed by atoms with van der Waals surface area (Å²) in [6, 6.07) is 5.68. The Kier molecular flexibility index (Phi) is 5.07. The smallest absolute Gasteiger partial charge is 0.387 e. The topological polar surface area (TPSA) is 84.8 Å². The number of nitrogens with zero attached hydrogens (tertiary/aromatic N) is 1. The predicted molar refractivity (Wildman–Crippen MR) is 75.6 cm³/mol. The van der Waals surface area contributed by atoms with Crippen LogP contribution in [0, 0.1) is 5.92 Å². The van der Waals surface area contributed by atoms with Crippen LogP contribution in [0.2, 0.25) is 0 Å². The first-order chi connectivity index (χ1) is 10.4. The van der Waals surface area contributed by atoms with Gasteiger partial charge in [-0.3, -0.25) is 4.79 Å². The average molecular weight is 332 g/mol. The van der Waals surface area contributed by atoms with Gasteiger partial charge in [0.25, 0.3) is 0 Å². The van der Waals surface area contributed by atoms with E-state index in [-0.39, 0.29) is 17.3 Å². The molecular weight excluding hydrogens is 318 g/mol. The minimum Gasteiger partial charge on any atom is -0.435 e. The van der Waals surface area contributed by atoms with Crippen LogP contribution in [0.1, 0.15) is 12.0 Å². The lowest BCUT2D eigenvalue weighted by Gasteiger charge is -2.05. The summed E-state index contributed by atoms with van der Waals surface area (Å²) in [5.41, 5.74) is 2.84. The summed E-state index contributed by atoms with van der Waals surface area (Å²) < 4.78 is 50.7. The quantitative estimate of drug-likeness (QED) is 0.648. The van der Waals surface area contributed by atoms with Gasteiger partial charge < -0.3 is 4.74 Å². The van der Waals surface area contributed by atoms with Gasteiger partial charge in [-0.05, 0) is 36.2 Å². The van der Waals surface area contributed by atoms with Crippen LogP contribution in [0.3, 0.4) is 0 Å². The van der Waals surface area contributed by atoms with Crippen LogP contribution in [-0.2, 0) is 14.6 Å². The zero-order chi connectivity index (χ0) is 16.2. The molecule has 120 valence electrons. The van der Waals surface area contributed by atoms with Crippen LogP contribution in [0.25, 0.3) is 0 Å². The molecule has 1 aliphatic heterocycles. The van der Waals surface area contributed by atoms with E-state index in [4.69, 9.17) is 0 Å². The van der Waals surface area contributed by atoms with E-state index in [9.17, 15) is 22.0 Å². The molecule has 0 radical (unpaired) electrons. The Balaban J connectivity index is 1.86. The summed E-state index contributed by atoms with van der Waals surface area (Å²) in [7, 11) is -3.12. The standard InChI is InChI=1S/C13H14F2N2O4S/c14-13(15)21-11-3-1-9(2-4-11)7-16-17-12(18)10-5-6-22(19,20)8-10/h1-4,7,10,13H,5-6,8H2,(H,17,18)/b16-7-/t10-/m0/s1. The predicted octanol–water partition coefficient (Wildman–Crippen LogP) is 1.17. The fraction of sp³-hybridized carbons (Fsp3) is 0.385. The van der Waals surface area contributed by atoms with Gasteiger partial charge in [0, 0.05) is 0 Å². The first kappa shape index (κ1) is 16.3. The highest BCUT2D eigenvalue weighted by molar-refractivity contribution is 7.91. The fourth-order valence-corrected chi connectivity index (χ4v) is 3.74. The molecule has 1 aliphatic rings. The second-order valence-corrected chi connectivity index (χ2v) is 7.01. The highest BCUT2D eigenvalue weighted by Gasteiger charge is 2.32. The van der Waals surface area contributed by atoms with E-state index in [0.717, 1.165) is 0 Å². The highest BCUT2D eigenvalue weighted by Crippen LogP contribution is 2.18. The maximum Gasteiger partial charge on any atom is 0.387 e. The number of nitrogens with one attached hydrogen (secondary N) is 1. The first-order valence-corrected chi connectivity index (χ1v) is 8.26. The number of hydrogen-bond acceptors (Lipinski definition) is 5. The molecule has 6 nitrogen and oxygen atoms in total. The summed E-state index contributed by atoms with van der Waals surface area (Å²) in [4.78, 5) is 11.7. The summed E-state index contributed by atoms with van der Waals surface area (Å²) >= 11 is 0. The molecule has 2 rings (SSSR count). The maximum absolute atomic E-state index is 12.0. The Morgan fingerprint density at radius 1 is 1.36 bits per heavy atom. The van der Waals surface area contributed by atoms with Crippen molar-refractivity contribution in [3.8, 4) is 5.75 Å². The Morgan fingerprint density at radius 3 is 2.59 bits per heavy atom. The number of benzene rings is 1. The number of carbonyl (C=O) groups excluding carboxylic acids is 1. The highest BCUT2D eigenvalue weighted by atomic mass is 32.2. The molecule has 0 bridgehead atoms. The Labute approximate surface area is 126 Å². The number of sulfone groups is 1. The molecule has 22 heavy (non-hydrogen) atoms. The van der Waals surface area contributed by atoms with E-state index in [2.05, 4.69) is 15.3 Å². The third kappa shape index (κ3) is 4.76. The molecule has 0 aromatic heterocycles. The fourth-order valence-electron chi connectivity index (χ4n) is 2.00. The summed E-state index contributed by atoms with van der Waals surface area (Å²) in [6.45, 7) is -2.89.